The van der Waals surface area contributed by atoms with Crippen molar-refractivity contribution in [3.05, 3.63) is 239 Å². The molecule has 0 amide bonds. The third-order valence-electron chi connectivity index (χ3n) is 15.1. The number of allylic oxidation sites excluding steroid dienone is 2. The molecule has 5 heteroatoms. The third kappa shape index (κ3) is 8.46. The maximum atomic E-state index is 5.35. The van der Waals surface area contributed by atoms with Crippen molar-refractivity contribution in [3.63, 3.8) is 0 Å². The van der Waals surface area contributed by atoms with Gasteiger partial charge in [-0.1, -0.05) is 220 Å². The van der Waals surface area contributed by atoms with Gasteiger partial charge < -0.3 is 0 Å². The standard InChI is InChI=1S/C66H55N5/c1-44(67-63(59-31-15-23-48-19-5-9-27-56(48)59)68-45(2)54-30-14-22-47-18-4-8-26-55(47)54)46-34-38-52(39-35-46)66(42-12-3-13-43-66)53-40-36-51(37-41-53)62-69-64(60-32-16-24-49-20-6-10-28-57(49)60)71-65(70-62)61-33-17-25-50-21-7-11-29-58(50)61/h4-6,8-11,14,16-20,22,24-41H,1,3,7,12-13,15,21,23,42-43H2,2H3/b67-63-,68-45+. The summed E-state index contributed by atoms with van der Waals surface area (Å²) in [5.41, 5.74) is 15.3. The van der Waals surface area contributed by atoms with E-state index in [0.29, 0.717) is 29.0 Å². The van der Waals surface area contributed by atoms with E-state index in [1.165, 1.54) is 63.4 Å². The van der Waals surface area contributed by atoms with Crippen LogP contribution >= 0.6 is 0 Å². The highest BCUT2D eigenvalue weighted by Gasteiger charge is 2.36. The minimum Gasteiger partial charge on any atom is -0.233 e. The van der Waals surface area contributed by atoms with E-state index in [0.717, 1.165) is 88.4 Å². The molecule has 1 saturated carbocycles. The molecule has 0 aliphatic heterocycles. The van der Waals surface area contributed by atoms with Gasteiger partial charge in [0.2, 0.25) is 0 Å². The summed E-state index contributed by atoms with van der Waals surface area (Å²) < 4.78 is 0. The number of hydrogen-bond donors (Lipinski definition) is 0. The Morgan fingerprint density at radius 1 is 0.521 bits per heavy atom. The van der Waals surface area contributed by atoms with Crippen LogP contribution < -0.4 is 0 Å². The van der Waals surface area contributed by atoms with Crippen molar-refractivity contribution >= 4 is 50.4 Å². The number of benzene rings is 8. The Bertz CT molecular complexity index is 3630. The van der Waals surface area contributed by atoms with Gasteiger partial charge in [-0.3, -0.25) is 0 Å². The van der Waals surface area contributed by atoms with Crippen molar-refractivity contribution in [3.8, 4) is 34.2 Å². The molecule has 8 aromatic carbocycles. The first-order valence-corrected chi connectivity index (χ1v) is 25.3. The fourth-order valence-corrected chi connectivity index (χ4v) is 11.4. The summed E-state index contributed by atoms with van der Waals surface area (Å²) >= 11 is 0. The van der Waals surface area contributed by atoms with Crippen LogP contribution in [0.2, 0.25) is 0 Å². The van der Waals surface area contributed by atoms with Gasteiger partial charge in [-0.25, -0.2) is 24.9 Å². The van der Waals surface area contributed by atoms with Crippen LogP contribution in [0.3, 0.4) is 0 Å². The van der Waals surface area contributed by atoms with E-state index in [9.17, 15) is 0 Å². The Morgan fingerprint density at radius 2 is 1.11 bits per heavy atom. The molecule has 0 saturated heterocycles. The molecular weight excluding hydrogens is 863 g/mol. The van der Waals surface area contributed by atoms with Crippen molar-refractivity contribution in [2.45, 2.75) is 70.1 Å². The normalized spacial score (nSPS) is 15.5. The average molecular weight is 918 g/mol. The van der Waals surface area contributed by atoms with Crippen molar-refractivity contribution in [1.82, 2.24) is 15.0 Å². The molecular formula is C66H55N5. The molecule has 0 spiro atoms. The maximum absolute atomic E-state index is 5.35. The van der Waals surface area contributed by atoms with Crippen molar-refractivity contribution in [2.24, 2.45) is 9.98 Å². The van der Waals surface area contributed by atoms with E-state index >= 15 is 0 Å². The molecule has 0 radical (unpaired) electrons. The van der Waals surface area contributed by atoms with E-state index in [1.807, 2.05) is 0 Å². The SMILES string of the molecule is C=C(/N=C(\N=C(/C)c1cccc2ccccc12)C1=CCCc2ccccc21)c1ccc(C2(c3ccc(-c4nc(-c5cccc6c5C=CCC6)nc(-c5cccc6ccccc56)n4)cc3)CCCCC2)cc1. The van der Waals surface area contributed by atoms with Gasteiger partial charge in [0.1, 0.15) is 0 Å². The van der Waals surface area contributed by atoms with Crippen LogP contribution in [0.1, 0.15) is 96.4 Å². The smallest absolute Gasteiger partial charge is 0.164 e. The van der Waals surface area contributed by atoms with E-state index in [2.05, 4.69) is 208 Å². The molecule has 3 aliphatic carbocycles. The Balaban J connectivity index is 0.893. The zero-order valence-corrected chi connectivity index (χ0v) is 40.3. The lowest BCUT2D eigenvalue weighted by Crippen LogP contribution is -2.30. The molecule has 0 N–H and O–H groups in total. The Labute approximate surface area is 416 Å². The second kappa shape index (κ2) is 19.0. The van der Waals surface area contributed by atoms with Crippen LogP contribution in [0.5, 0.6) is 0 Å². The molecule has 1 heterocycles. The predicted molar refractivity (Wildman–Crippen MR) is 297 cm³/mol. The maximum Gasteiger partial charge on any atom is 0.164 e. The lowest BCUT2D eigenvalue weighted by Gasteiger charge is -2.39. The summed E-state index contributed by atoms with van der Waals surface area (Å²) in [6, 6.07) is 63.1. The van der Waals surface area contributed by atoms with Crippen LogP contribution in [0.4, 0.5) is 0 Å². The molecule has 0 bridgehead atoms. The second-order valence-electron chi connectivity index (χ2n) is 19.4. The van der Waals surface area contributed by atoms with Gasteiger partial charge in [0.05, 0.1) is 5.70 Å². The number of aliphatic imine (C=N–C) groups is 2. The number of aryl methyl sites for hydroxylation is 2. The first-order valence-electron chi connectivity index (χ1n) is 25.3. The monoisotopic (exact) mass is 917 g/mol. The number of hydrogen-bond acceptors (Lipinski definition) is 4. The van der Waals surface area contributed by atoms with Gasteiger partial charge in [-0.15, -0.1) is 0 Å². The van der Waals surface area contributed by atoms with Crippen LogP contribution in [0, 0.1) is 0 Å². The Kier molecular flexibility index (Phi) is 11.8. The summed E-state index contributed by atoms with van der Waals surface area (Å²) in [4.78, 5) is 26.4. The molecule has 9 aromatic rings. The minimum atomic E-state index is -0.130. The van der Waals surface area contributed by atoms with Gasteiger partial charge >= 0.3 is 0 Å². The van der Waals surface area contributed by atoms with E-state index in [-0.39, 0.29) is 5.41 Å². The van der Waals surface area contributed by atoms with Crippen LogP contribution in [-0.4, -0.2) is 26.5 Å². The Morgan fingerprint density at radius 3 is 1.92 bits per heavy atom. The lowest BCUT2D eigenvalue weighted by molar-refractivity contribution is 0.346. The zero-order chi connectivity index (χ0) is 47.7. The largest absolute Gasteiger partial charge is 0.233 e. The lowest BCUT2D eigenvalue weighted by atomic mass is 9.65. The summed E-state index contributed by atoms with van der Waals surface area (Å²) in [6.07, 6.45) is 16.5. The Hall–Kier alpha value is -8.15. The minimum absolute atomic E-state index is 0.130. The van der Waals surface area contributed by atoms with Crippen LogP contribution in [0.15, 0.2) is 205 Å². The highest BCUT2D eigenvalue weighted by Crippen LogP contribution is 2.46. The van der Waals surface area contributed by atoms with Gasteiger partial charge in [0, 0.05) is 39.0 Å². The van der Waals surface area contributed by atoms with Crippen LogP contribution in [0.25, 0.3) is 73.1 Å². The number of rotatable bonds is 9. The summed E-state index contributed by atoms with van der Waals surface area (Å²) in [5.74, 6) is 2.73. The number of aromatic nitrogens is 3. The summed E-state index contributed by atoms with van der Waals surface area (Å²) in [6.45, 7) is 6.68. The molecule has 3 aliphatic rings. The fraction of sp³-hybridized carbons (Fsp3) is 0.167. The first kappa shape index (κ1) is 44.1. The molecule has 1 fully saturated rings. The molecule has 12 rings (SSSR count). The molecule has 0 atom stereocenters. The number of amidine groups is 1. The third-order valence-corrected chi connectivity index (χ3v) is 15.1. The van der Waals surface area contributed by atoms with Gasteiger partial charge in [0.25, 0.3) is 0 Å². The molecule has 344 valence electrons. The molecule has 0 unspecified atom stereocenters. The predicted octanol–water partition coefficient (Wildman–Crippen LogP) is 16.3. The summed E-state index contributed by atoms with van der Waals surface area (Å²) in [7, 11) is 0. The topological polar surface area (TPSA) is 63.4 Å². The van der Waals surface area contributed by atoms with Crippen LogP contribution in [-0.2, 0) is 18.3 Å². The fourth-order valence-electron chi connectivity index (χ4n) is 11.4. The molecule has 71 heavy (non-hydrogen) atoms. The van der Waals surface area contributed by atoms with Gasteiger partial charge in [0.15, 0.2) is 23.3 Å². The highest BCUT2D eigenvalue weighted by molar-refractivity contribution is 6.29. The van der Waals surface area contributed by atoms with E-state index in [1.54, 1.807) is 0 Å². The van der Waals surface area contributed by atoms with Crippen molar-refractivity contribution in [2.75, 3.05) is 0 Å². The van der Waals surface area contributed by atoms with Gasteiger partial charge in [-0.05, 0) is 106 Å². The zero-order valence-electron chi connectivity index (χ0n) is 40.3. The van der Waals surface area contributed by atoms with E-state index < -0.39 is 0 Å². The molecule has 1 aromatic heterocycles. The molecule has 5 nitrogen and oxygen atoms in total. The highest BCUT2D eigenvalue weighted by atomic mass is 15.0. The second-order valence-corrected chi connectivity index (χ2v) is 19.4. The number of nitrogens with zero attached hydrogens (tertiary/aromatic N) is 5. The van der Waals surface area contributed by atoms with Crippen molar-refractivity contribution < 1.29 is 0 Å². The quantitative estimate of drug-likeness (QED) is 0.107. The summed E-state index contributed by atoms with van der Waals surface area (Å²) in [5, 5.41) is 4.65. The van der Waals surface area contributed by atoms with E-state index in [4.69, 9.17) is 24.9 Å². The first-order chi connectivity index (χ1) is 35.0. The van der Waals surface area contributed by atoms with Gasteiger partial charge in [-0.2, -0.15) is 0 Å². The average Bonchev–Trinajstić information content (AvgIpc) is 3.44. The number of fused-ring (bicyclic) bond motifs is 4. The van der Waals surface area contributed by atoms with Crippen molar-refractivity contribution in [1.29, 1.82) is 0 Å².